The Morgan fingerprint density at radius 2 is 1.65 bits per heavy atom. The number of rotatable bonds is 7. The predicted octanol–water partition coefficient (Wildman–Crippen LogP) is 5.22. The molecule has 0 saturated carbocycles. The molecule has 1 aliphatic heterocycles. The van der Waals surface area contributed by atoms with Gasteiger partial charge in [-0.3, -0.25) is 4.90 Å². The topological polar surface area (TPSA) is 38.8 Å². The molecule has 0 amide bonds. The van der Waals surface area contributed by atoms with E-state index in [4.69, 9.17) is 9.47 Å². The fourth-order valence-corrected chi connectivity index (χ4v) is 3.82. The van der Waals surface area contributed by atoms with Crippen LogP contribution in [-0.2, 0) is 19.7 Å². The summed E-state index contributed by atoms with van der Waals surface area (Å²) < 4.78 is 39.8. The third-order valence-corrected chi connectivity index (χ3v) is 5.38. The van der Waals surface area contributed by atoms with Crippen molar-refractivity contribution in [2.24, 2.45) is 0 Å². The molecule has 1 aliphatic rings. The smallest absolute Gasteiger partial charge is 0.347 e. The first-order valence-electron chi connectivity index (χ1n) is 10.1. The molecule has 0 spiro atoms. The summed E-state index contributed by atoms with van der Waals surface area (Å²) >= 11 is 0. The SMILES string of the molecule is Cc1c(F)c2c(c(OCc3ccccc3)c1C(=O)Oc1ccccc1)CN(CCF)C2. The lowest BCUT2D eigenvalue weighted by Gasteiger charge is -2.18. The standard InChI is InChI=1S/C25H23F2NO3/c1-17-22(25(29)31-19-10-6-3-7-11-19)24(30-16-18-8-4-2-5-9-18)21-15-28(13-12-26)14-20(21)23(17)27/h2-11H,12-16H2,1H3. The molecule has 6 heteroatoms. The van der Waals surface area contributed by atoms with Crippen LogP contribution in [0.1, 0.15) is 32.6 Å². The summed E-state index contributed by atoms with van der Waals surface area (Å²) in [6.07, 6.45) is 0. The van der Waals surface area contributed by atoms with Crippen LogP contribution >= 0.6 is 0 Å². The van der Waals surface area contributed by atoms with Crippen LogP contribution < -0.4 is 9.47 Å². The van der Waals surface area contributed by atoms with Gasteiger partial charge in [-0.25, -0.2) is 13.6 Å². The van der Waals surface area contributed by atoms with Gasteiger partial charge in [0.1, 0.15) is 36.2 Å². The van der Waals surface area contributed by atoms with E-state index in [0.717, 1.165) is 5.56 Å². The molecule has 3 aromatic carbocycles. The van der Waals surface area contributed by atoms with E-state index in [1.165, 1.54) is 0 Å². The van der Waals surface area contributed by atoms with Gasteiger partial charge in [0.15, 0.2) is 0 Å². The largest absolute Gasteiger partial charge is 0.488 e. The molecule has 1 heterocycles. The van der Waals surface area contributed by atoms with Crippen LogP contribution in [0, 0.1) is 12.7 Å². The van der Waals surface area contributed by atoms with Crippen LogP contribution in [0.4, 0.5) is 8.78 Å². The average molecular weight is 423 g/mol. The highest BCUT2D eigenvalue weighted by Crippen LogP contribution is 2.39. The highest BCUT2D eigenvalue weighted by molar-refractivity contribution is 5.96. The Labute approximate surface area is 180 Å². The number of esters is 1. The molecule has 0 N–H and O–H groups in total. The van der Waals surface area contributed by atoms with Crippen LogP contribution in [0.25, 0.3) is 0 Å². The zero-order valence-corrected chi connectivity index (χ0v) is 17.2. The number of hydrogen-bond donors (Lipinski definition) is 0. The van der Waals surface area contributed by atoms with Crippen LogP contribution in [-0.4, -0.2) is 24.1 Å². The van der Waals surface area contributed by atoms with E-state index in [1.54, 1.807) is 36.1 Å². The second-order valence-electron chi connectivity index (χ2n) is 7.48. The minimum atomic E-state index is -0.683. The number of carbonyl (C=O) groups is 1. The number of para-hydroxylation sites is 1. The summed E-state index contributed by atoms with van der Waals surface area (Å²) in [7, 11) is 0. The number of ether oxygens (including phenoxy) is 2. The first-order chi connectivity index (χ1) is 15.1. The number of carbonyl (C=O) groups excluding carboxylic acids is 1. The number of fused-ring (bicyclic) bond motifs is 1. The Morgan fingerprint density at radius 3 is 2.32 bits per heavy atom. The molecular formula is C25H23F2NO3. The van der Waals surface area contributed by atoms with Crippen molar-refractivity contribution in [2.75, 3.05) is 13.2 Å². The van der Waals surface area contributed by atoms with Crippen LogP contribution in [0.2, 0.25) is 0 Å². The molecule has 0 bridgehead atoms. The molecule has 0 unspecified atom stereocenters. The number of halogens is 2. The van der Waals surface area contributed by atoms with Gasteiger partial charge in [-0.1, -0.05) is 48.5 Å². The maximum Gasteiger partial charge on any atom is 0.347 e. The highest BCUT2D eigenvalue weighted by Gasteiger charge is 2.33. The minimum absolute atomic E-state index is 0.0677. The summed E-state index contributed by atoms with van der Waals surface area (Å²) in [5, 5.41) is 0. The van der Waals surface area contributed by atoms with E-state index in [1.807, 2.05) is 36.4 Å². The molecular weight excluding hydrogens is 400 g/mol. The van der Waals surface area contributed by atoms with Crippen molar-refractivity contribution in [3.05, 3.63) is 94.3 Å². The quantitative estimate of drug-likeness (QED) is 0.386. The molecule has 160 valence electrons. The number of alkyl halides is 1. The molecule has 31 heavy (non-hydrogen) atoms. The number of nitrogens with zero attached hydrogens (tertiary/aromatic N) is 1. The highest BCUT2D eigenvalue weighted by atomic mass is 19.1. The fourth-order valence-electron chi connectivity index (χ4n) is 3.82. The zero-order valence-electron chi connectivity index (χ0n) is 17.2. The first-order valence-corrected chi connectivity index (χ1v) is 10.1. The van der Waals surface area contributed by atoms with Crippen molar-refractivity contribution in [3.8, 4) is 11.5 Å². The first kappa shape index (κ1) is 21.0. The van der Waals surface area contributed by atoms with Gasteiger partial charge < -0.3 is 9.47 Å². The minimum Gasteiger partial charge on any atom is -0.488 e. The molecule has 0 aromatic heterocycles. The Morgan fingerprint density at radius 1 is 1.00 bits per heavy atom. The molecule has 0 saturated heterocycles. The van der Waals surface area contributed by atoms with Gasteiger partial charge >= 0.3 is 5.97 Å². The molecule has 0 fully saturated rings. The van der Waals surface area contributed by atoms with Crippen molar-refractivity contribution in [3.63, 3.8) is 0 Å². The van der Waals surface area contributed by atoms with Gasteiger partial charge in [-0.2, -0.15) is 0 Å². The summed E-state index contributed by atoms with van der Waals surface area (Å²) in [6, 6.07) is 18.1. The lowest BCUT2D eigenvalue weighted by Crippen LogP contribution is -2.19. The molecule has 0 aliphatic carbocycles. The van der Waals surface area contributed by atoms with E-state index < -0.39 is 18.5 Å². The monoisotopic (exact) mass is 423 g/mol. The number of benzene rings is 3. The second-order valence-corrected chi connectivity index (χ2v) is 7.48. The Bertz CT molecular complexity index is 1070. The van der Waals surface area contributed by atoms with E-state index in [2.05, 4.69) is 0 Å². The van der Waals surface area contributed by atoms with Gasteiger partial charge in [0.05, 0.1) is 0 Å². The van der Waals surface area contributed by atoms with E-state index >= 15 is 4.39 Å². The van der Waals surface area contributed by atoms with E-state index in [-0.39, 0.29) is 30.8 Å². The van der Waals surface area contributed by atoms with Crippen molar-refractivity contribution < 1.29 is 23.0 Å². The molecule has 3 aromatic rings. The van der Waals surface area contributed by atoms with Gasteiger partial charge in [-0.05, 0) is 24.6 Å². The molecule has 0 atom stereocenters. The van der Waals surface area contributed by atoms with Crippen LogP contribution in [0.15, 0.2) is 60.7 Å². The van der Waals surface area contributed by atoms with Gasteiger partial charge in [0.2, 0.25) is 0 Å². The maximum atomic E-state index is 15.2. The van der Waals surface area contributed by atoms with Crippen molar-refractivity contribution in [1.82, 2.24) is 4.90 Å². The lowest BCUT2D eigenvalue weighted by atomic mass is 9.98. The predicted molar refractivity (Wildman–Crippen MR) is 113 cm³/mol. The van der Waals surface area contributed by atoms with Gasteiger partial charge in [0.25, 0.3) is 0 Å². The Hall–Kier alpha value is -3.25. The summed E-state index contributed by atoms with van der Waals surface area (Å²) in [5.74, 6) is -0.484. The third-order valence-electron chi connectivity index (χ3n) is 5.38. The summed E-state index contributed by atoms with van der Waals surface area (Å²) in [5.41, 5.74) is 2.18. The normalized spacial score (nSPS) is 13.1. The fraction of sp³-hybridized carbons (Fsp3) is 0.240. The second kappa shape index (κ2) is 9.27. The Kier molecular flexibility index (Phi) is 6.28. The van der Waals surface area contributed by atoms with E-state index in [9.17, 15) is 9.18 Å². The van der Waals surface area contributed by atoms with Gasteiger partial charge in [0, 0.05) is 36.3 Å². The van der Waals surface area contributed by atoms with Crippen molar-refractivity contribution in [2.45, 2.75) is 26.6 Å². The maximum absolute atomic E-state index is 15.2. The van der Waals surface area contributed by atoms with E-state index in [0.29, 0.717) is 29.2 Å². The third kappa shape index (κ3) is 4.44. The summed E-state index contributed by atoms with van der Waals surface area (Å²) in [6.45, 7) is 2.01. The molecule has 0 radical (unpaired) electrons. The zero-order chi connectivity index (χ0) is 21.8. The Balaban J connectivity index is 1.74. The summed E-state index contributed by atoms with van der Waals surface area (Å²) in [4.78, 5) is 14.9. The number of hydrogen-bond acceptors (Lipinski definition) is 4. The van der Waals surface area contributed by atoms with Crippen molar-refractivity contribution >= 4 is 5.97 Å². The van der Waals surface area contributed by atoms with Crippen molar-refractivity contribution in [1.29, 1.82) is 0 Å². The lowest BCUT2D eigenvalue weighted by molar-refractivity contribution is 0.0728. The van der Waals surface area contributed by atoms with Crippen LogP contribution in [0.3, 0.4) is 0 Å². The molecule has 4 nitrogen and oxygen atoms in total. The van der Waals surface area contributed by atoms with Crippen LogP contribution in [0.5, 0.6) is 11.5 Å². The average Bonchev–Trinajstić information content (AvgIpc) is 3.21. The van der Waals surface area contributed by atoms with Gasteiger partial charge in [-0.15, -0.1) is 0 Å². The molecule has 4 rings (SSSR count).